The van der Waals surface area contributed by atoms with Crippen molar-refractivity contribution in [3.63, 3.8) is 0 Å². The standard InChI is InChI=1S/C18H29N3/c1-13(2)17-11-20-18(4,16-7-8-16)12-21(17)14(3)15-6-5-9-19-10-15/h5-6,9-10,13-14,16-17,20H,7-8,11-12H2,1-4H3. The first-order valence-electron chi connectivity index (χ1n) is 8.42. The summed E-state index contributed by atoms with van der Waals surface area (Å²) in [6.07, 6.45) is 6.68. The monoisotopic (exact) mass is 287 g/mol. The van der Waals surface area contributed by atoms with Crippen LogP contribution in [0.1, 0.15) is 52.1 Å². The van der Waals surface area contributed by atoms with E-state index in [1.54, 1.807) is 0 Å². The average Bonchev–Trinajstić information content (AvgIpc) is 3.32. The lowest BCUT2D eigenvalue weighted by Crippen LogP contribution is -2.65. The van der Waals surface area contributed by atoms with Gasteiger partial charge < -0.3 is 5.32 Å². The molecule has 3 atom stereocenters. The summed E-state index contributed by atoms with van der Waals surface area (Å²) in [7, 11) is 0. The fourth-order valence-corrected chi connectivity index (χ4v) is 3.86. The summed E-state index contributed by atoms with van der Waals surface area (Å²) in [5.74, 6) is 1.54. The molecule has 1 aromatic rings. The fourth-order valence-electron chi connectivity index (χ4n) is 3.86. The minimum Gasteiger partial charge on any atom is -0.308 e. The summed E-state index contributed by atoms with van der Waals surface area (Å²) in [5, 5.41) is 3.87. The lowest BCUT2D eigenvalue weighted by Gasteiger charge is -2.50. The molecule has 0 spiro atoms. The highest BCUT2D eigenvalue weighted by Gasteiger charge is 2.47. The molecule has 1 N–H and O–H groups in total. The lowest BCUT2D eigenvalue weighted by atomic mass is 9.86. The van der Waals surface area contributed by atoms with Crippen molar-refractivity contribution in [1.82, 2.24) is 15.2 Å². The molecule has 1 aliphatic heterocycles. The molecule has 2 aliphatic rings. The van der Waals surface area contributed by atoms with Crippen molar-refractivity contribution in [3.05, 3.63) is 30.1 Å². The van der Waals surface area contributed by atoms with Gasteiger partial charge in [0.25, 0.3) is 0 Å². The Morgan fingerprint density at radius 1 is 1.33 bits per heavy atom. The van der Waals surface area contributed by atoms with E-state index in [1.165, 1.54) is 18.4 Å². The molecule has 3 heteroatoms. The zero-order valence-electron chi connectivity index (χ0n) is 13.8. The van der Waals surface area contributed by atoms with Crippen molar-refractivity contribution in [2.45, 2.75) is 58.2 Å². The van der Waals surface area contributed by atoms with E-state index in [0.717, 1.165) is 19.0 Å². The molecule has 1 aromatic heterocycles. The summed E-state index contributed by atoms with van der Waals surface area (Å²) in [4.78, 5) is 7.03. The molecule has 0 aromatic carbocycles. The van der Waals surface area contributed by atoms with Gasteiger partial charge in [-0.15, -0.1) is 0 Å². The summed E-state index contributed by atoms with van der Waals surface area (Å²) in [5.41, 5.74) is 1.63. The van der Waals surface area contributed by atoms with E-state index in [0.29, 0.717) is 23.5 Å². The van der Waals surface area contributed by atoms with Gasteiger partial charge in [-0.3, -0.25) is 9.88 Å². The number of hydrogen-bond acceptors (Lipinski definition) is 3. The summed E-state index contributed by atoms with van der Waals surface area (Å²) >= 11 is 0. The van der Waals surface area contributed by atoms with Gasteiger partial charge in [-0.05, 0) is 50.2 Å². The van der Waals surface area contributed by atoms with Gasteiger partial charge in [0.1, 0.15) is 0 Å². The number of aromatic nitrogens is 1. The van der Waals surface area contributed by atoms with E-state index in [9.17, 15) is 0 Å². The Morgan fingerprint density at radius 3 is 2.67 bits per heavy atom. The van der Waals surface area contributed by atoms with E-state index >= 15 is 0 Å². The molecule has 3 rings (SSSR count). The molecule has 3 nitrogen and oxygen atoms in total. The van der Waals surface area contributed by atoms with Crippen LogP contribution in [0.2, 0.25) is 0 Å². The van der Waals surface area contributed by atoms with Crippen molar-refractivity contribution < 1.29 is 0 Å². The first kappa shape index (κ1) is 15.0. The minimum atomic E-state index is 0.294. The van der Waals surface area contributed by atoms with Gasteiger partial charge in [0, 0.05) is 43.1 Å². The van der Waals surface area contributed by atoms with Crippen LogP contribution in [0.4, 0.5) is 0 Å². The van der Waals surface area contributed by atoms with Crippen LogP contribution in [0.3, 0.4) is 0 Å². The third-order valence-electron chi connectivity index (χ3n) is 5.56. The number of rotatable bonds is 4. The normalized spacial score (nSPS) is 32.3. The maximum Gasteiger partial charge on any atom is 0.0339 e. The van der Waals surface area contributed by atoms with Gasteiger partial charge in [-0.25, -0.2) is 0 Å². The van der Waals surface area contributed by atoms with Gasteiger partial charge >= 0.3 is 0 Å². The number of piperazine rings is 1. The molecular formula is C18H29N3. The average molecular weight is 287 g/mol. The maximum atomic E-state index is 4.31. The number of hydrogen-bond donors (Lipinski definition) is 1. The van der Waals surface area contributed by atoms with Gasteiger partial charge in [-0.1, -0.05) is 19.9 Å². The van der Waals surface area contributed by atoms with Crippen molar-refractivity contribution in [1.29, 1.82) is 0 Å². The second kappa shape index (κ2) is 5.69. The first-order chi connectivity index (χ1) is 10.0. The van der Waals surface area contributed by atoms with Crippen LogP contribution in [-0.4, -0.2) is 34.6 Å². The van der Waals surface area contributed by atoms with Crippen LogP contribution in [0.5, 0.6) is 0 Å². The second-order valence-corrected chi connectivity index (χ2v) is 7.52. The lowest BCUT2D eigenvalue weighted by molar-refractivity contribution is 0.0229. The maximum absolute atomic E-state index is 4.31. The van der Waals surface area contributed by atoms with Crippen molar-refractivity contribution in [2.24, 2.45) is 11.8 Å². The Kier molecular flexibility index (Phi) is 4.06. The predicted molar refractivity (Wildman–Crippen MR) is 87.1 cm³/mol. The third kappa shape index (κ3) is 3.00. The first-order valence-corrected chi connectivity index (χ1v) is 8.42. The van der Waals surface area contributed by atoms with Gasteiger partial charge in [0.2, 0.25) is 0 Å². The zero-order chi connectivity index (χ0) is 15.0. The van der Waals surface area contributed by atoms with E-state index in [1.807, 2.05) is 12.4 Å². The Morgan fingerprint density at radius 2 is 2.10 bits per heavy atom. The van der Waals surface area contributed by atoms with Crippen molar-refractivity contribution in [3.8, 4) is 0 Å². The molecule has 3 unspecified atom stereocenters. The Bertz CT molecular complexity index is 469. The molecule has 1 saturated heterocycles. The summed E-state index contributed by atoms with van der Waals surface area (Å²) in [6.45, 7) is 11.7. The highest BCUT2D eigenvalue weighted by molar-refractivity contribution is 5.15. The highest BCUT2D eigenvalue weighted by atomic mass is 15.3. The van der Waals surface area contributed by atoms with E-state index < -0.39 is 0 Å². The molecule has 0 amide bonds. The van der Waals surface area contributed by atoms with Crippen LogP contribution in [0.15, 0.2) is 24.5 Å². The number of nitrogens with one attached hydrogen (secondary N) is 1. The van der Waals surface area contributed by atoms with Crippen LogP contribution < -0.4 is 5.32 Å². The molecule has 1 aliphatic carbocycles. The van der Waals surface area contributed by atoms with Crippen molar-refractivity contribution >= 4 is 0 Å². The van der Waals surface area contributed by atoms with Crippen LogP contribution >= 0.6 is 0 Å². The van der Waals surface area contributed by atoms with E-state index in [-0.39, 0.29) is 0 Å². The Hall–Kier alpha value is -0.930. The minimum absolute atomic E-state index is 0.294. The fraction of sp³-hybridized carbons (Fsp3) is 0.722. The molecule has 21 heavy (non-hydrogen) atoms. The second-order valence-electron chi connectivity index (χ2n) is 7.52. The predicted octanol–water partition coefficient (Wildman–Crippen LogP) is 3.24. The molecule has 2 heterocycles. The molecular weight excluding hydrogens is 258 g/mol. The van der Waals surface area contributed by atoms with Crippen LogP contribution in [0.25, 0.3) is 0 Å². The molecule has 0 bridgehead atoms. The quantitative estimate of drug-likeness (QED) is 0.921. The highest BCUT2D eigenvalue weighted by Crippen LogP contribution is 2.43. The van der Waals surface area contributed by atoms with Crippen molar-refractivity contribution in [2.75, 3.05) is 13.1 Å². The van der Waals surface area contributed by atoms with E-state index in [4.69, 9.17) is 0 Å². The zero-order valence-corrected chi connectivity index (χ0v) is 13.8. The summed E-state index contributed by atoms with van der Waals surface area (Å²) < 4.78 is 0. The molecule has 1 saturated carbocycles. The number of pyridine rings is 1. The van der Waals surface area contributed by atoms with Crippen LogP contribution in [0, 0.1) is 11.8 Å². The van der Waals surface area contributed by atoms with E-state index in [2.05, 4.69) is 55.0 Å². The summed E-state index contributed by atoms with van der Waals surface area (Å²) in [6, 6.07) is 5.31. The van der Waals surface area contributed by atoms with Gasteiger partial charge in [0.05, 0.1) is 0 Å². The SMILES string of the molecule is CC(C)C1CNC(C)(C2CC2)CN1C(C)c1cccnc1. The topological polar surface area (TPSA) is 28.2 Å². The molecule has 0 radical (unpaired) electrons. The number of nitrogens with zero attached hydrogens (tertiary/aromatic N) is 2. The largest absolute Gasteiger partial charge is 0.308 e. The molecule has 116 valence electrons. The smallest absolute Gasteiger partial charge is 0.0339 e. The molecule has 2 fully saturated rings. The Balaban J connectivity index is 1.83. The Labute approximate surface area is 129 Å². The van der Waals surface area contributed by atoms with Gasteiger partial charge in [0.15, 0.2) is 0 Å². The third-order valence-corrected chi connectivity index (χ3v) is 5.56. The van der Waals surface area contributed by atoms with Gasteiger partial charge in [-0.2, -0.15) is 0 Å². The van der Waals surface area contributed by atoms with Crippen LogP contribution in [-0.2, 0) is 0 Å².